The second-order valence-electron chi connectivity index (χ2n) is 7.06. The quantitative estimate of drug-likeness (QED) is 0.733. The normalized spacial score (nSPS) is 19.2. The van der Waals surface area contributed by atoms with E-state index in [1.807, 2.05) is 18.5 Å². The number of benzene rings is 1. The van der Waals surface area contributed by atoms with Crippen LogP contribution in [-0.2, 0) is 24.8 Å². The van der Waals surface area contributed by atoms with Crippen molar-refractivity contribution in [3.8, 4) is 0 Å². The third kappa shape index (κ3) is 3.91. The molecule has 1 unspecified atom stereocenters. The van der Waals surface area contributed by atoms with Gasteiger partial charge < -0.3 is 9.30 Å². The number of aromatic nitrogens is 2. The molecule has 0 saturated carbocycles. The van der Waals surface area contributed by atoms with E-state index in [0.717, 1.165) is 39.3 Å². The molecule has 0 bridgehead atoms. The molecule has 130 valence electrons. The molecule has 0 N–H and O–H groups in total. The smallest absolute Gasteiger partial charge is 0.0593 e. The Kier molecular flexibility index (Phi) is 4.81. The molecule has 1 saturated heterocycles. The molecule has 4 rings (SSSR count). The SMILES string of the molecule is Cn1ccc2cc(CC3COCCN(Cc4cccnc4)C3)ccc21. The van der Waals surface area contributed by atoms with Crippen molar-refractivity contribution in [2.75, 3.05) is 26.3 Å². The first-order chi connectivity index (χ1) is 12.3. The highest BCUT2D eigenvalue weighted by atomic mass is 16.5. The van der Waals surface area contributed by atoms with Gasteiger partial charge in [0.15, 0.2) is 0 Å². The molecule has 0 radical (unpaired) electrons. The number of aryl methyl sites for hydroxylation is 1. The van der Waals surface area contributed by atoms with Crippen molar-refractivity contribution in [2.45, 2.75) is 13.0 Å². The van der Waals surface area contributed by atoms with Crippen LogP contribution in [0, 0.1) is 5.92 Å². The zero-order valence-corrected chi connectivity index (χ0v) is 14.8. The van der Waals surface area contributed by atoms with Gasteiger partial charge in [0.05, 0.1) is 13.2 Å². The van der Waals surface area contributed by atoms with Crippen LogP contribution in [0.1, 0.15) is 11.1 Å². The minimum absolute atomic E-state index is 0.528. The molecular formula is C21H25N3O. The third-order valence-electron chi connectivity index (χ3n) is 5.02. The summed E-state index contributed by atoms with van der Waals surface area (Å²) < 4.78 is 8.05. The average Bonchev–Trinajstić information content (AvgIpc) is 2.85. The van der Waals surface area contributed by atoms with E-state index < -0.39 is 0 Å². The highest BCUT2D eigenvalue weighted by Crippen LogP contribution is 2.21. The maximum Gasteiger partial charge on any atom is 0.0593 e. The lowest BCUT2D eigenvalue weighted by Gasteiger charge is -2.23. The van der Waals surface area contributed by atoms with Crippen molar-refractivity contribution >= 4 is 10.9 Å². The minimum Gasteiger partial charge on any atom is -0.380 e. The summed E-state index contributed by atoms with van der Waals surface area (Å²) in [5.74, 6) is 0.528. The first-order valence-corrected chi connectivity index (χ1v) is 9.01. The molecule has 1 fully saturated rings. The van der Waals surface area contributed by atoms with Crippen molar-refractivity contribution in [1.29, 1.82) is 0 Å². The Morgan fingerprint density at radius 1 is 1.20 bits per heavy atom. The second-order valence-corrected chi connectivity index (χ2v) is 7.06. The Morgan fingerprint density at radius 3 is 3.04 bits per heavy atom. The van der Waals surface area contributed by atoms with Crippen LogP contribution in [0.5, 0.6) is 0 Å². The number of fused-ring (bicyclic) bond motifs is 1. The van der Waals surface area contributed by atoms with E-state index in [4.69, 9.17) is 4.74 Å². The van der Waals surface area contributed by atoms with Crippen LogP contribution in [0.25, 0.3) is 10.9 Å². The van der Waals surface area contributed by atoms with Crippen LogP contribution in [0.4, 0.5) is 0 Å². The van der Waals surface area contributed by atoms with E-state index in [0.29, 0.717) is 5.92 Å². The zero-order valence-electron chi connectivity index (χ0n) is 14.8. The van der Waals surface area contributed by atoms with Gasteiger partial charge in [-0.05, 0) is 53.1 Å². The summed E-state index contributed by atoms with van der Waals surface area (Å²) in [7, 11) is 2.09. The van der Waals surface area contributed by atoms with Crippen LogP contribution >= 0.6 is 0 Å². The van der Waals surface area contributed by atoms with Crippen LogP contribution in [-0.4, -0.2) is 40.8 Å². The van der Waals surface area contributed by atoms with Gasteiger partial charge in [-0.2, -0.15) is 0 Å². The molecule has 4 nitrogen and oxygen atoms in total. The minimum atomic E-state index is 0.528. The highest BCUT2D eigenvalue weighted by Gasteiger charge is 2.19. The lowest BCUT2D eigenvalue weighted by Crippen LogP contribution is -2.30. The Balaban J connectivity index is 1.44. The molecule has 1 aromatic carbocycles. The fourth-order valence-electron chi connectivity index (χ4n) is 3.76. The molecule has 0 spiro atoms. The maximum absolute atomic E-state index is 5.88. The number of ether oxygens (including phenoxy) is 1. The summed E-state index contributed by atoms with van der Waals surface area (Å²) >= 11 is 0. The number of rotatable bonds is 4. The van der Waals surface area contributed by atoms with Gasteiger partial charge in [-0.3, -0.25) is 9.88 Å². The predicted octanol–water partition coefficient (Wildman–Crippen LogP) is 3.26. The van der Waals surface area contributed by atoms with Crippen LogP contribution in [0.3, 0.4) is 0 Å². The predicted molar refractivity (Wildman–Crippen MR) is 100 cm³/mol. The van der Waals surface area contributed by atoms with Gasteiger partial charge in [0.1, 0.15) is 0 Å². The van der Waals surface area contributed by atoms with Crippen molar-refractivity contribution in [3.63, 3.8) is 0 Å². The average molecular weight is 335 g/mol. The molecular weight excluding hydrogens is 310 g/mol. The number of pyridine rings is 1. The molecule has 3 heterocycles. The van der Waals surface area contributed by atoms with Crippen molar-refractivity contribution in [2.24, 2.45) is 13.0 Å². The highest BCUT2D eigenvalue weighted by molar-refractivity contribution is 5.80. The zero-order chi connectivity index (χ0) is 17.1. The van der Waals surface area contributed by atoms with Gasteiger partial charge in [-0.15, -0.1) is 0 Å². The Hall–Kier alpha value is -2.17. The lowest BCUT2D eigenvalue weighted by molar-refractivity contribution is 0.121. The van der Waals surface area contributed by atoms with Crippen molar-refractivity contribution in [3.05, 3.63) is 66.1 Å². The molecule has 25 heavy (non-hydrogen) atoms. The van der Waals surface area contributed by atoms with E-state index in [-0.39, 0.29) is 0 Å². The second kappa shape index (κ2) is 7.38. The third-order valence-corrected chi connectivity index (χ3v) is 5.02. The van der Waals surface area contributed by atoms with E-state index in [1.54, 1.807) is 0 Å². The molecule has 1 aliphatic rings. The van der Waals surface area contributed by atoms with E-state index in [2.05, 4.69) is 58.0 Å². The van der Waals surface area contributed by atoms with Gasteiger partial charge in [-0.1, -0.05) is 12.1 Å². The summed E-state index contributed by atoms with van der Waals surface area (Å²) in [5, 5.41) is 1.32. The summed E-state index contributed by atoms with van der Waals surface area (Å²) in [5.41, 5.74) is 3.96. The Morgan fingerprint density at radius 2 is 2.16 bits per heavy atom. The topological polar surface area (TPSA) is 30.3 Å². The Labute approximate surface area is 149 Å². The molecule has 0 amide bonds. The number of nitrogens with zero attached hydrogens (tertiary/aromatic N) is 3. The molecule has 1 atom stereocenters. The standard InChI is InChI=1S/C21H25N3O/c1-23-8-6-20-12-17(4-5-21(20)23)11-19-15-24(9-10-25-16-19)14-18-3-2-7-22-13-18/h2-8,12-13,19H,9-11,14-16H2,1H3. The molecule has 0 aliphatic carbocycles. The first-order valence-electron chi connectivity index (χ1n) is 9.01. The van der Waals surface area contributed by atoms with Gasteiger partial charge in [-0.25, -0.2) is 0 Å². The first kappa shape index (κ1) is 16.3. The fourth-order valence-corrected chi connectivity index (χ4v) is 3.76. The largest absolute Gasteiger partial charge is 0.380 e. The number of hydrogen-bond acceptors (Lipinski definition) is 3. The van der Waals surface area contributed by atoms with E-state index in [1.165, 1.54) is 22.0 Å². The van der Waals surface area contributed by atoms with Crippen molar-refractivity contribution < 1.29 is 4.74 Å². The Bertz CT molecular complexity index is 828. The molecule has 3 aromatic rings. The van der Waals surface area contributed by atoms with Crippen molar-refractivity contribution in [1.82, 2.24) is 14.5 Å². The van der Waals surface area contributed by atoms with Crippen LogP contribution < -0.4 is 0 Å². The van der Waals surface area contributed by atoms with E-state index in [9.17, 15) is 0 Å². The number of hydrogen-bond donors (Lipinski definition) is 0. The monoisotopic (exact) mass is 335 g/mol. The van der Waals surface area contributed by atoms with Crippen LogP contribution in [0.2, 0.25) is 0 Å². The maximum atomic E-state index is 5.88. The fraction of sp³-hybridized carbons (Fsp3) is 0.381. The van der Waals surface area contributed by atoms with Crippen LogP contribution in [0.15, 0.2) is 55.0 Å². The molecule has 1 aliphatic heterocycles. The summed E-state index contributed by atoms with van der Waals surface area (Å²) in [4.78, 5) is 6.73. The molecule has 2 aromatic heterocycles. The summed E-state index contributed by atoms with van der Waals surface area (Å²) in [6.45, 7) is 4.67. The molecule has 4 heteroatoms. The van der Waals surface area contributed by atoms with Gasteiger partial charge in [0, 0.05) is 50.8 Å². The summed E-state index contributed by atoms with van der Waals surface area (Å²) in [6.07, 6.45) is 6.98. The van der Waals surface area contributed by atoms with E-state index >= 15 is 0 Å². The summed E-state index contributed by atoms with van der Waals surface area (Å²) in [6, 6.07) is 13.2. The van der Waals surface area contributed by atoms with Gasteiger partial charge in [0.25, 0.3) is 0 Å². The van der Waals surface area contributed by atoms with Gasteiger partial charge in [0.2, 0.25) is 0 Å². The lowest BCUT2D eigenvalue weighted by atomic mass is 9.98. The van der Waals surface area contributed by atoms with Gasteiger partial charge >= 0.3 is 0 Å².